The molecular weight excluding hydrogens is 180 g/mol. The lowest BCUT2D eigenvalue weighted by Gasteiger charge is -2.23. The van der Waals surface area contributed by atoms with Crippen LogP contribution < -0.4 is 10.6 Å². The van der Waals surface area contributed by atoms with E-state index < -0.39 is 0 Å². The molecule has 0 saturated heterocycles. The van der Waals surface area contributed by atoms with Crippen molar-refractivity contribution in [2.24, 2.45) is 0 Å². The van der Waals surface area contributed by atoms with Crippen LogP contribution in [0.25, 0.3) is 0 Å². The molecule has 3 N–H and O–H groups in total. The second-order valence-corrected chi connectivity index (χ2v) is 4.10. The number of aliphatic hydroxyl groups is 1. The van der Waals surface area contributed by atoms with Crippen molar-refractivity contribution in [1.29, 1.82) is 0 Å². The van der Waals surface area contributed by atoms with Gasteiger partial charge < -0.3 is 15.7 Å². The summed E-state index contributed by atoms with van der Waals surface area (Å²) in [6, 6.07) is 0. The summed E-state index contributed by atoms with van der Waals surface area (Å²) in [5.41, 5.74) is -0.387. The Kier molecular flexibility index (Phi) is 6.49. The minimum atomic E-state index is -0.387. The van der Waals surface area contributed by atoms with Gasteiger partial charge >= 0.3 is 0 Å². The van der Waals surface area contributed by atoms with Gasteiger partial charge in [-0.15, -0.1) is 0 Å². The summed E-state index contributed by atoms with van der Waals surface area (Å²) in [4.78, 5) is 11.2. The second-order valence-electron chi connectivity index (χ2n) is 4.10. The van der Waals surface area contributed by atoms with E-state index in [1.807, 2.05) is 13.8 Å². The quantitative estimate of drug-likeness (QED) is 0.519. The van der Waals surface area contributed by atoms with Gasteiger partial charge in [0.25, 0.3) is 0 Å². The number of hydrogen-bond acceptors (Lipinski definition) is 3. The van der Waals surface area contributed by atoms with Crippen molar-refractivity contribution >= 4 is 5.91 Å². The molecule has 1 amide bonds. The fourth-order valence-corrected chi connectivity index (χ4v) is 0.843. The molecule has 0 aromatic heterocycles. The lowest BCUT2D eigenvalue weighted by Crippen LogP contribution is -2.47. The van der Waals surface area contributed by atoms with E-state index in [0.717, 1.165) is 19.4 Å². The van der Waals surface area contributed by atoms with Crippen molar-refractivity contribution in [3.05, 3.63) is 0 Å². The Hall–Kier alpha value is -0.610. The van der Waals surface area contributed by atoms with E-state index >= 15 is 0 Å². The normalized spacial score (nSPS) is 11.4. The molecule has 0 aliphatic heterocycles. The van der Waals surface area contributed by atoms with Crippen molar-refractivity contribution in [3.8, 4) is 0 Å². The van der Waals surface area contributed by atoms with Gasteiger partial charge in [-0.25, -0.2) is 0 Å². The summed E-state index contributed by atoms with van der Waals surface area (Å²) >= 11 is 0. The third-order valence-electron chi connectivity index (χ3n) is 1.98. The zero-order valence-electron chi connectivity index (χ0n) is 9.39. The first-order chi connectivity index (χ1) is 6.52. The standard InChI is InChI=1S/C10H22N2O2/c1-4-5-6-11-9(14)7-12-10(2,3)8-13/h12-13H,4-8H2,1-3H3,(H,11,14). The molecule has 0 rings (SSSR count). The number of carbonyl (C=O) groups is 1. The minimum Gasteiger partial charge on any atom is -0.394 e. The molecule has 4 heteroatoms. The molecule has 0 atom stereocenters. The average Bonchev–Trinajstić information content (AvgIpc) is 2.16. The molecule has 0 heterocycles. The highest BCUT2D eigenvalue weighted by Crippen LogP contribution is 1.97. The molecule has 4 nitrogen and oxygen atoms in total. The molecule has 0 aliphatic carbocycles. The summed E-state index contributed by atoms with van der Waals surface area (Å²) in [7, 11) is 0. The fraction of sp³-hybridized carbons (Fsp3) is 0.900. The number of unbranched alkanes of at least 4 members (excludes halogenated alkanes) is 1. The van der Waals surface area contributed by atoms with Crippen molar-refractivity contribution in [1.82, 2.24) is 10.6 Å². The minimum absolute atomic E-state index is 0.0139. The highest BCUT2D eigenvalue weighted by Gasteiger charge is 2.16. The number of rotatable bonds is 7. The van der Waals surface area contributed by atoms with Crippen LogP contribution in [0.4, 0.5) is 0 Å². The monoisotopic (exact) mass is 202 g/mol. The van der Waals surface area contributed by atoms with E-state index in [-0.39, 0.29) is 24.6 Å². The highest BCUT2D eigenvalue weighted by atomic mass is 16.3. The number of hydrogen-bond donors (Lipinski definition) is 3. The summed E-state index contributed by atoms with van der Waals surface area (Å²) < 4.78 is 0. The van der Waals surface area contributed by atoms with Crippen molar-refractivity contribution < 1.29 is 9.90 Å². The summed E-state index contributed by atoms with van der Waals surface area (Å²) in [6.07, 6.45) is 2.09. The van der Waals surface area contributed by atoms with Gasteiger partial charge in [-0.05, 0) is 20.3 Å². The van der Waals surface area contributed by atoms with Crippen LogP contribution in [0.2, 0.25) is 0 Å². The first kappa shape index (κ1) is 13.4. The van der Waals surface area contributed by atoms with Crippen LogP contribution in [0.15, 0.2) is 0 Å². The van der Waals surface area contributed by atoms with Crippen molar-refractivity contribution in [2.45, 2.75) is 39.2 Å². The van der Waals surface area contributed by atoms with Crippen LogP contribution in [0.3, 0.4) is 0 Å². The third-order valence-corrected chi connectivity index (χ3v) is 1.98. The third kappa shape index (κ3) is 6.86. The molecule has 0 aromatic rings. The molecule has 0 saturated carbocycles. The largest absolute Gasteiger partial charge is 0.394 e. The molecule has 0 spiro atoms. The zero-order valence-corrected chi connectivity index (χ0v) is 9.39. The van der Waals surface area contributed by atoms with Gasteiger partial charge in [0.2, 0.25) is 5.91 Å². The Labute approximate surface area is 86.1 Å². The van der Waals surface area contributed by atoms with Crippen LogP contribution in [0, 0.1) is 0 Å². The number of nitrogens with one attached hydrogen (secondary N) is 2. The Morgan fingerprint density at radius 3 is 2.57 bits per heavy atom. The van der Waals surface area contributed by atoms with Gasteiger partial charge in [-0.3, -0.25) is 4.79 Å². The molecular formula is C10H22N2O2. The molecule has 84 valence electrons. The van der Waals surface area contributed by atoms with Crippen LogP contribution in [0.5, 0.6) is 0 Å². The Morgan fingerprint density at radius 2 is 2.07 bits per heavy atom. The van der Waals surface area contributed by atoms with E-state index in [0.29, 0.717) is 0 Å². The van der Waals surface area contributed by atoms with E-state index in [2.05, 4.69) is 17.6 Å². The van der Waals surface area contributed by atoms with E-state index in [4.69, 9.17) is 5.11 Å². The topological polar surface area (TPSA) is 61.4 Å². The summed E-state index contributed by atoms with van der Waals surface area (Å²) in [5.74, 6) is -0.0139. The zero-order chi connectivity index (χ0) is 11.0. The number of carbonyl (C=O) groups excluding carboxylic acids is 1. The lowest BCUT2D eigenvalue weighted by molar-refractivity contribution is -0.120. The Bertz CT molecular complexity index is 170. The average molecular weight is 202 g/mol. The predicted octanol–water partition coefficient (Wildman–Crippen LogP) is 0.263. The SMILES string of the molecule is CCCCNC(=O)CNC(C)(C)CO. The van der Waals surface area contributed by atoms with E-state index in [1.165, 1.54) is 0 Å². The first-order valence-corrected chi connectivity index (χ1v) is 5.14. The molecule has 14 heavy (non-hydrogen) atoms. The molecule has 0 aliphatic rings. The molecule has 0 fully saturated rings. The van der Waals surface area contributed by atoms with Gasteiger partial charge in [0.05, 0.1) is 13.2 Å². The van der Waals surface area contributed by atoms with Crippen molar-refractivity contribution in [3.63, 3.8) is 0 Å². The van der Waals surface area contributed by atoms with E-state index in [1.54, 1.807) is 0 Å². The lowest BCUT2D eigenvalue weighted by atomic mass is 10.1. The van der Waals surface area contributed by atoms with Crippen LogP contribution in [-0.4, -0.2) is 36.2 Å². The maximum Gasteiger partial charge on any atom is 0.233 e. The highest BCUT2D eigenvalue weighted by molar-refractivity contribution is 5.78. The van der Waals surface area contributed by atoms with Gasteiger partial charge in [-0.1, -0.05) is 13.3 Å². The molecule has 0 unspecified atom stereocenters. The van der Waals surface area contributed by atoms with E-state index in [9.17, 15) is 4.79 Å². The van der Waals surface area contributed by atoms with Crippen molar-refractivity contribution in [2.75, 3.05) is 19.7 Å². The number of amides is 1. The predicted molar refractivity (Wildman–Crippen MR) is 57.1 cm³/mol. The smallest absolute Gasteiger partial charge is 0.233 e. The Morgan fingerprint density at radius 1 is 1.43 bits per heavy atom. The molecule has 0 radical (unpaired) electrons. The number of aliphatic hydroxyl groups excluding tert-OH is 1. The maximum absolute atomic E-state index is 11.2. The molecule has 0 aromatic carbocycles. The van der Waals surface area contributed by atoms with Gasteiger partial charge in [0.15, 0.2) is 0 Å². The first-order valence-electron chi connectivity index (χ1n) is 5.14. The second kappa shape index (κ2) is 6.79. The molecule has 0 bridgehead atoms. The maximum atomic E-state index is 11.2. The van der Waals surface area contributed by atoms with Crippen LogP contribution in [-0.2, 0) is 4.79 Å². The van der Waals surface area contributed by atoms with Gasteiger partial charge in [-0.2, -0.15) is 0 Å². The van der Waals surface area contributed by atoms with Crippen LogP contribution >= 0.6 is 0 Å². The summed E-state index contributed by atoms with van der Waals surface area (Å²) in [5, 5.41) is 14.7. The summed E-state index contributed by atoms with van der Waals surface area (Å²) in [6.45, 7) is 6.81. The fourth-order valence-electron chi connectivity index (χ4n) is 0.843. The van der Waals surface area contributed by atoms with Gasteiger partial charge in [0, 0.05) is 12.1 Å². The van der Waals surface area contributed by atoms with Crippen LogP contribution in [0.1, 0.15) is 33.6 Å². The van der Waals surface area contributed by atoms with Gasteiger partial charge in [0.1, 0.15) is 0 Å². The Balaban J connectivity index is 3.53.